The first kappa shape index (κ1) is 27.4. The first-order chi connectivity index (χ1) is 24.3. The number of benzene rings is 7. The summed E-state index contributed by atoms with van der Waals surface area (Å²) >= 11 is 0. The lowest BCUT2D eigenvalue weighted by Gasteiger charge is -2.10. The molecule has 0 saturated carbocycles. The van der Waals surface area contributed by atoms with Gasteiger partial charge in [0.25, 0.3) is 0 Å². The first-order valence-corrected chi connectivity index (χ1v) is 16.5. The molecule has 0 aliphatic heterocycles. The minimum atomic E-state index is 0.688. The summed E-state index contributed by atoms with van der Waals surface area (Å²) < 4.78 is 4.73. The molecular formula is C44H29N5. The van der Waals surface area contributed by atoms with Crippen molar-refractivity contribution >= 4 is 43.6 Å². The molecule has 5 heteroatoms. The van der Waals surface area contributed by atoms with Gasteiger partial charge in [-0.15, -0.1) is 0 Å². The van der Waals surface area contributed by atoms with E-state index in [4.69, 9.17) is 4.98 Å². The highest BCUT2D eigenvalue weighted by Crippen LogP contribution is 2.38. The standard InChI is InChI=1S/C44H29N5/c1-3-12-29(13-4-1)43-45-44(47-46-43)32-14-11-17-34(26-32)49-40-21-10-8-19-36(40)38-27-30(23-25-41(38)49)31-22-24-37-35-18-7-9-20-39(35)48(42(37)28-31)33-15-5-2-6-16-33/h1-28H,(H,45,46,47). The number of H-pyrrole nitrogens is 1. The van der Waals surface area contributed by atoms with Crippen LogP contribution in [0.1, 0.15) is 0 Å². The molecule has 10 rings (SSSR count). The number of para-hydroxylation sites is 3. The van der Waals surface area contributed by atoms with E-state index in [0.717, 1.165) is 39.4 Å². The number of hydrogen-bond donors (Lipinski definition) is 1. The maximum absolute atomic E-state index is 4.83. The van der Waals surface area contributed by atoms with Gasteiger partial charge in [-0.3, -0.25) is 5.10 Å². The van der Waals surface area contributed by atoms with Crippen molar-refractivity contribution in [1.29, 1.82) is 0 Å². The predicted octanol–water partition coefficient (Wildman–Crippen LogP) is 11.0. The lowest BCUT2D eigenvalue weighted by atomic mass is 10.0. The third-order valence-electron chi connectivity index (χ3n) is 9.59. The van der Waals surface area contributed by atoms with Gasteiger partial charge < -0.3 is 9.13 Å². The number of aromatic amines is 1. The molecule has 0 bridgehead atoms. The summed E-state index contributed by atoms with van der Waals surface area (Å²) in [5.41, 5.74) is 11.3. The largest absolute Gasteiger partial charge is 0.309 e. The highest BCUT2D eigenvalue weighted by atomic mass is 15.2. The topological polar surface area (TPSA) is 51.4 Å². The lowest BCUT2D eigenvalue weighted by molar-refractivity contribution is 1.10. The molecule has 10 aromatic rings. The fourth-order valence-electron chi connectivity index (χ4n) is 7.34. The van der Waals surface area contributed by atoms with Gasteiger partial charge in [0.1, 0.15) is 0 Å². The molecule has 0 aliphatic carbocycles. The van der Waals surface area contributed by atoms with E-state index in [1.54, 1.807) is 0 Å². The molecule has 230 valence electrons. The number of nitrogens with zero attached hydrogens (tertiary/aromatic N) is 4. The van der Waals surface area contributed by atoms with Crippen LogP contribution in [0.3, 0.4) is 0 Å². The number of aromatic nitrogens is 5. The summed E-state index contributed by atoms with van der Waals surface area (Å²) in [5, 5.41) is 12.6. The van der Waals surface area contributed by atoms with E-state index in [2.05, 4.69) is 159 Å². The van der Waals surface area contributed by atoms with Gasteiger partial charge in [0.2, 0.25) is 0 Å². The Labute approximate surface area is 282 Å². The summed E-state index contributed by atoms with van der Waals surface area (Å²) in [5.74, 6) is 1.43. The minimum absolute atomic E-state index is 0.688. The number of hydrogen-bond acceptors (Lipinski definition) is 2. The molecule has 0 amide bonds. The Morgan fingerprint density at radius 2 is 0.939 bits per heavy atom. The smallest absolute Gasteiger partial charge is 0.181 e. The second kappa shape index (κ2) is 10.9. The Kier molecular flexibility index (Phi) is 6.11. The molecule has 7 aromatic carbocycles. The zero-order valence-electron chi connectivity index (χ0n) is 26.5. The third kappa shape index (κ3) is 4.40. The van der Waals surface area contributed by atoms with Crippen LogP contribution in [-0.2, 0) is 0 Å². The van der Waals surface area contributed by atoms with Crippen LogP contribution in [0.4, 0.5) is 0 Å². The molecule has 5 nitrogen and oxygen atoms in total. The second-order valence-electron chi connectivity index (χ2n) is 12.4. The molecule has 0 aliphatic rings. The van der Waals surface area contributed by atoms with Crippen LogP contribution in [0.5, 0.6) is 0 Å². The van der Waals surface area contributed by atoms with Crippen molar-refractivity contribution in [2.45, 2.75) is 0 Å². The molecule has 0 unspecified atom stereocenters. The monoisotopic (exact) mass is 627 g/mol. The summed E-state index contributed by atoms with van der Waals surface area (Å²) in [6.07, 6.45) is 0. The van der Waals surface area contributed by atoms with E-state index in [0.29, 0.717) is 5.82 Å². The average molecular weight is 628 g/mol. The fourth-order valence-corrected chi connectivity index (χ4v) is 7.34. The average Bonchev–Trinajstić information content (AvgIpc) is 3.88. The number of rotatable bonds is 5. The summed E-state index contributed by atoms with van der Waals surface area (Å²) in [6.45, 7) is 0. The van der Waals surface area contributed by atoms with Crippen molar-refractivity contribution in [2.75, 3.05) is 0 Å². The lowest BCUT2D eigenvalue weighted by Crippen LogP contribution is -1.95. The van der Waals surface area contributed by atoms with Gasteiger partial charge in [0.05, 0.1) is 22.1 Å². The van der Waals surface area contributed by atoms with Gasteiger partial charge in [-0.1, -0.05) is 115 Å². The molecular weight excluding hydrogens is 599 g/mol. The van der Waals surface area contributed by atoms with Crippen molar-refractivity contribution in [3.63, 3.8) is 0 Å². The Balaban J connectivity index is 1.11. The maximum atomic E-state index is 4.83. The Bertz CT molecular complexity index is 2820. The summed E-state index contributed by atoms with van der Waals surface area (Å²) in [6, 6.07) is 60.3. The van der Waals surface area contributed by atoms with Gasteiger partial charge >= 0.3 is 0 Å². The Morgan fingerprint density at radius 1 is 0.367 bits per heavy atom. The maximum Gasteiger partial charge on any atom is 0.181 e. The van der Waals surface area contributed by atoms with Crippen LogP contribution in [0.2, 0.25) is 0 Å². The van der Waals surface area contributed by atoms with Crippen LogP contribution in [0.15, 0.2) is 170 Å². The molecule has 0 atom stereocenters. The van der Waals surface area contributed by atoms with E-state index in [-0.39, 0.29) is 0 Å². The van der Waals surface area contributed by atoms with Crippen LogP contribution in [0.25, 0.3) is 88.9 Å². The van der Waals surface area contributed by atoms with Gasteiger partial charge in [-0.05, 0) is 65.7 Å². The second-order valence-corrected chi connectivity index (χ2v) is 12.4. The molecule has 0 saturated heterocycles. The first-order valence-electron chi connectivity index (χ1n) is 16.5. The highest BCUT2D eigenvalue weighted by Gasteiger charge is 2.17. The van der Waals surface area contributed by atoms with Crippen LogP contribution >= 0.6 is 0 Å². The summed E-state index contributed by atoms with van der Waals surface area (Å²) in [4.78, 5) is 4.83. The summed E-state index contributed by atoms with van der Waals surface area (Å²) in [7, 11) is 0. The zero-order chi connectivity index (χ0) is 32.3. The molecule has 3 heterocycles. The van der Waals surface area contributed by atoms with Gasteiger partial charge in [0.15, 0.2) is 11.6 Å². The quantitative estimate of drug-likeness (QED) is 0.206. The van der Waals surface area contributed by atoms with Crippen LogP contribution in [-0.4, -0.2) is 24.3 Å². The van der Waals surface area contributed by atoms with Crippen molar-refractivity contribution in [3.05, 3.63) is 170 Å². The molecule has 0 spiro atoms. The van der Waals surface area contributed by atoms with Crippen molar-refractivity contribution in [1.82, 2.24) is 24.3 Å². The predicted molar refractivity (Wildman–Crippen MR) is 201 cm³/mol. The van der Waals surface area contributed by atoms with E-state index in [9.17, 15) is 0 Å². The fraction of sp³-hybridized carbons (Fsp3) is 0. The van der Waals surface area contributed by atoms with Gasteiger partial charge in [-0.2, -0.15) is 5.10 Å². The van der Waals surface area contributed by atoms with Gasteiger partial charge in [0, 0.05) is 44.0 Å². The van der Waals surface area contributed by atoms with Crippen molar-refractivity contribution < 1.29 is 0 Å². The van der Waals surface area contributed by atoms with Gasteiger partial charge in [-0.25, -0.2) is 4.98 Å². The zero-order valence-corrected chi connectivity index (χ0v) is 26.5. The normalized spacial score (nSPS) is 11.7. The van der Waals surface area contributed by atoms with Crippen LogP contribution < -0.4 is 0 Å². The highest BCUT2D eigenvalue weighted by molar-refractivity contribution is 6.12. The van der Waals surface area contributed by atoms with Crippen LogP contribution in [0, 0.1) is 0 Å². The molecule has 1 N–H and O–H groups in total. The molecule has 3 aromatic heterocycles. The van der Waals surface area contributed by atoms with E-state index in [1.807, 2.05) is 30.3 Å². The van der Waals surface area contributed by atoms with Crippen molar-refractivity contribution in [2.24, 2.45) is 0 Å². The Morgan fingerprint density at radius 3 is 1.73 bits per heavy atom. The van der Waals surface area contributed by atoms with E-state index < -0.39 is 0 Å². The van der Waals surface area contributed by atoms with E-state index in [1.165, 1.54) is 43.7 Å². The number of fused-ring (bicyclic) bond motifs is 6. The molecule has 0 radical (unpaired) electrons. The number of nitrogens with one attached hydrogen (secondary N) is 1. The third-order valence-corrected chi connectivity index (χ3v) is 9.59. The minimum Gasteiger partial charge on any atom is -0.309 e. The SMILES string of the molecule is c1ccc(-c2n[nH]c(-c3cccc(-n4c5ccccc5c5cc(-c6ccc7c8ccccc8n(-c8ccccc8)c7c6)ccc54)c3)n2)cc1. The molecule has 49 heavy (non-hydrogen) atoms. The Hall–Kier alpha value is -6.72. The van der Waals surface area contributed by atoms with E-state index >= 15 is 0 Å². The van der Waals surface area contributed by atoms with Crippen molar-refractivity contribution in [3.8, 4) is 45.3 Å². The molecule has 0 fully saturated rings.